The quantitative estimate of drug-likeness (QED) is 0.715. The Morgan fingerprint density at radius 2 is 1.93 bits per heavy atom. The summed E-state index contributed by atoms with van der Waals surface area (Å²) in [6, 6.07) is 13.0. The molecule has 2 aromatic carbocycles. The number of carbonyl (C=O) groups excluding carboxylic acids is 1. The van der Waals surface area contributed by atoms with Gasteiger partial charge < -0.3 is 10.2 Å². The summed E-state index contributed by atoms with van der Waals surface area (Å²) in [5, 5.41) is 4.28. The fourth-order valence-electron chi connectivity index (χ4n) is 4.42. The summed E-state index contributed by atoms with van der Waals surface area (Å²) in [4.78, 5) is 16.6. The van der Waals surface area contributed by atoms with Crippen molar-refractivity contribution in [3.05, 3.63) is 53.1 Å². The summed E-state index contributed by atoms with van der Waals surface area (Å²) in [5.74, 6) is 1.29. The van der Waals surface area contributed by atoms with Gasteiger partial charge in [-0.15, -0.1) is 0 Å². The van der Waals surface area contributed by atoms with Crippen LogP contribution in [0.5, 0.6) is 0 Å². The zero-order valence-corrected chi connectivity index (χ0v) is 17.6. The second kappa shape index (κ2) is 7.76. The van der Waals surface area contributed by atoms with E-state index in [-0.39, 0.29) is 5.91 Å². The lowest BCUT2D eigenvalue weighted by Crippen LogP contribution is -2.47. The molecule has 0 unspecified atom stereocenters. The maximum atomic E-state index is 11.6. The summed E-state index contributed by atoms with van der Waals surface area (Å²) in [6.07, 6.45) is 2.52. The van der Waals surface area contributed by atoms with E-state index in [0.29, 0.717) is 6.42 Å². The van der Waals surface area contributed by atoms with Gasteiger partial charge in [-0.25, -0.2) is 0 Å². The number of aromatic nitrogens is 1. The third-order valence-corrected chi connectivity index (χ3v) is 7.00. The normalized spacial score (nSPS) is 17.4. The van der Waals surface area contributed by atoms with E-state index in [9.17, 15) is 4.79 Å². The highest BCUT2D eigenvalue weighted by Crippen LogP contribution is 2.30. The molecule has 6 heteroatoms. The molecule has 0 saturated carbocycles. The van der Waals surface area contributed by atoms with E-state index < -0.39 is 0 Å². The molecular formula is C23H26N4OS. The third-order valence-electron chi connectivity index (χ3n) is 6.18. The molecule has 0 atom stereocenters. The number of anilines is 2. The highest BCUT2D eigenvalue weighted by Gasteiger charge is 2.21. The average Bonchev–Trinajstić information content (AvgIpc) is 3.17. The zero-order valence-electron chi connectivity index (χ0n) is 16.8. The van der Waals surface area contributed by atoms with Crippen molar-refractivity contribution in [2.75, 3.05) is 42.9 Å². The van der Waals surface area contributed by atoms with Gasteiger partial charge in [0.1, 0.15) is 5.82 Å². The lowest BCUT2D eigenvalue weighted by atomic mass is 9.95. The van der Waals surface area contributed by atoms with E-state index in [1.807, 2.05) is 0 Å². The van der Waals surface area contributed by atoms with E-state index in [1.165, 1.54) is 26.8 Å². The minimum atomic E-state index is 0.135. The molecule has 5 rings (SSSR count). The third kappa shape index (κ3) is 3.74. The first kappa shape index (κ1) is 18.6. The van der Waals surface area contributed by atoms with E-state index in [1.54, 1.807) is 11.5 Å². The molecule has 3 heterocycles. The fraction of sp³-hybridized carbons (Fsp3) is 0.391. The number of benzene rings is 2. The van der Waals surface area contributed by atoms with Crippen molar-refractivity contribution in [1.82, 2.24) is 9.27 Å². The maximum absolute atomic E-state index is 11.6. The van der Waals surface area contributed by atoms with Crippen LogP contribution in [0.4, 0.5) is 11.5 Å². The van der Waals surface area contributed by atoms with Crippen molar-refractivity contribution in [2.45, 2.75) is 26.2 Å². The summed E-state index contributed by atoms with van der Waals surface area (Å²) in [5.41, 5.74) is 4.98. The van der Waals surface area contributed by atoms with Crippen LogP contribution in [0.1, 0.15) is 23.1 Å². The SMILES string of the molecule is Cc1cc2c(cc1CCN1CCN(c3nsc4ccccc34)CC1)CCC(=O)N2. The van der Waals surface area contributed by atoms with Gasteiger partial charge >= 0.3 is 0 Å². The van der Waals surface area contributed by atoms with Crippen LogP contribution in [0.2, 0.25) is 0 Å². The molecule has 3 aromatic rings. The van der Waals surface area contributed by atoms with E-state index in [0.717, 1.165) is 57.1 Å². The first-order chi connectivity index (χ1) is 14.2. The molecule has 0 spiro atoms. The Morgan fingerprint density at radius 3 is 2.79 bits per heavy atom. The number of piperazine rings is 1. The highest BCUT2D eigenvalue weighted by atomic mass is 32.1. The van der Waals surface area contributed by atoms with Crippen LogP contribution in [0, 0.1) is 6.92 Å². The Kier molecular flexibility index (Phi) is 4.97. The molecule has 2 aliphatic rings. The summed E-state index contributed by atoms with van der Waals surface area (Å²) >= 11 is 1.60. The van der Waals surface area contributed by atoms with Crippen LogP contribution in [0.15, 0.2) is 36.4 Å². The largest absolute Gasteiger partial charge is 0.353 e. The number of aryl methyl sites for hydroxylation is 2. The van der Waals surface area contributed by atoms with Gasteiger partial charge in [0, 0.05) is 50.2 Å². The first-order valence-electron chi connectivity index (χ1n) is 10.4. The molecule has 1 amide bonds. The van der Waals surface area contributed by atoms with Crippen molar-refractivity contribution in [3.8, 4) is 0 Å². The minimum absolute atomic E-state index is 0.135. The lowest BCUT2D eigenvalue weighted by molar-refractivity contribution is -0.116. The number of nitrogens with zero attached hydrogens (tertiary/aromatic N) is 3. The molecule has 29 heavy (non-hydrogen) atoms. The van der Waals surface area contributed by atoms with Crippen molar-refractivity contribution in [3.63, 3.8) is 0 Å². The van der Waals surface area contributed by atoms with Crippen molar-refractivity contribution in [2.24, 2.45) is 0 Å². The van der Waals surface area contributed by atoms with Crippen molar-refractivity contribution < 1.29 is 4.79 Å². The standard InChI is InChI=1S/C23H26N4OS/c1-16-14-20-18(6-7-22(28)24-20)15-17(16)8-9-26-10-12-27(13-11-26)23-19-4-2-3-5-21(19)29-25-23/h2-5,14-15H,6-13H2,1H3,(H,24,28). The van der Waals surface area contributed by atoms with Crippen molar-refractivity contribution in [1.29, 1.82) is 0 Å². The Hall–Kier alpha value is -2.44. The molecule has 1 N–H and O–H groups in total. The number of hydrogen-bond acceptors (Lipinski definition) is 5. The van der Waals surface area contributed by atoms with Crippen LogP contribution in [0.3, 0.4) is 0 Å². The van der Waals surface area contributed by atoms with Crippen LogP contribution in [-0.4, -0.2) is 47.9 Å². The average molecular weight is 407 g/mol. The molecule has 0 bridgehead atoms. The number of rotatable bonds is 4. The molecule has 0 radical (unpaired) electrons. The Morgan fingerprint density at radius 1 is 1.10 bits per heavy atom. The zero-order chi connectivity index (χ0) is 19.8. The predicted molar refractivity (Wildman–Crippen MR) is 120 cm³/mol. The lowest BCUT2D eigenvalue weighted by Gasteiger charge is -2.35. The second-order valence-electron chi connectivity index (χ2n) is 8.07. The molecule has 150 valence electrons. The molecular weight excluding hydrogens is 380 g/mol. The van der Waals surface area contributed by atoms with E-state index >= 15 is 0 Å². The molecule has 1 saturated heterocycles. The summed E-state index contributed by atoms with van der Waals surface area (Å²) in [6.45, 7) is 7.45. The monoisotopic (exact) mass is 406 g/mol. The predicted octanol–water partition coefficient (Wildman–Crippen LogP) is 3.85. The molecule has 2 aliphatic heterocycles. The molecule has 1 fully saturated rings. The van der Waals surface area contributed by atoms with Gasteiger partial charge in [0.15, 0.2) is 0 Å². The number of fused-ring (bicyclic) bond motifs is 2. The minimum Gasteiger partial charge on any atom is -0.353 e. The molecule has 1 aromatic heterocycles. The van der Waals surface area contributed by atoms with Gasteiger partial charge in [-0.05, 0) is 66.2 Å². The van der Waals surface area contributed by atoms with Gasteiger partial charge in [-0.2, -0.15) is 4.37 Å². The maximum Gasteiger partial charge on any atom is 0.224 e. The van der Waals surface area contributed by atoms with Gasteiger partial charge in [0.05, 0.1) is 4.70 Å². The van der Waals surface area contributed by atoms with Gasteiger partial charge in [0.2, 0.25) is 5.91 Å². The van der Waals surface area contributed by atoms with E-state index in [2.05, 4.69) is 58.4 Å². The Balaban J connectivity index is 1.20. The molecule has 0 aliphatic carbocycles. The first-order valence-corrected chi connectivity index (χ1v) is 11.2. The smallest absolute Gasteiger partial charge is 0.224 e. The van der Waals surface area contributed by atoms with E-state index in [4.69, 9.17) is 4.37 Å². The van der Waals surface area contributed by atoms with Crippen LogP contribution < -0.4 is 10.2 Å². The number of carbonyl (C=O) groups is 1. The van der Waals surface area contributed by atoms with Crippen molar-refractivity contribution >= 4 is 39.0 Å². The van der Waals surface area contributed by atoms with Crippen LogP contribution in [-0.2, 0) is 17.6 Å². The number of hydrogen-bond donors (Lipinski definition) is 1. The van der Waals surface area contributed by atoms with Gasteiger partial charge in [0.25, 0.3) is 0 Å². The Bertz CT molecular complexity index is 1050. The van der Waals surface area contributed by atoms with Gasteiger partial charge in [-0.3, -0.25) is 9.69 Å². The second-order valence-corrected chi connectivity index (χ2v) is 8.87. The topological polar surface area (TPSA) is 48.5 Å². The highest BCUT2D eigenvalue weighted by molar-refractivity contribution is 7.13. The molecule has 5 nitrogen and oxygen atoms in total. The fourth-order valence-corrected chi connectivity index (χ4v) is 5.22. The van der Waals surface area contributed by atoms with Crippen LogP contribution >= 0.6 is 11.5 Å². The number of amides is 1. The number of nitrogens with one attached hydrogen (secondary N) is 1. The van der Waals surface area contributed by atoms with Gasteiger partial charge in [-0.1, -0.05) is 18.2 Å². The Labute approximate surface area is 175 Å². The van der Waals surface area contributed by atoms with Crippen LogP contribution in [0.25, 0.3) is 10.1 Å². The summed E-state index contributed by atoms with van der Waals surface area (Å²) in [7, 11) is 0. The summed E-state index contributed by atoms with van der Waals surface area (Å²) < 4.78 is 5.98.